The number of allylic oxidation sites excluding steroid dienone is 1. The molecule has 3 heteroatoms. The Morgan fingerprint density at radius 3 is 2.89 bits per heavy atom. The summed E-state index contributed by atoms with van der Waals surface area (Å²) in [5.74, 6) is 6.73. The van der Waals surface area contributed by atoms with E-state index in [-0.39, 0.29) is 6.04 Å². The smallest absolute Gasteiger partial charge is 0.124 e. The quantitative estimate of drug-likeness (QED) is 0.484. The summed E-state index contributed by atoms with van der Waals surface area (Å²) in [5, 5.41) is 0. The molecule has 0 fully saturated rings. The maximum Gasteiger partial charge on any atom is 0.124 e. The predicted molar refractivity (Wildman–Crippen MR) is 78.8 cm³/mol. The molecule has 3 nitrogen and oxygen atoms in total. The summed E-state index contributed by atoms with van der Waals surface area (Å²) in [6, 6.07) is 8.23. The van der Waals surface area contributed by atoms with Gasteiger partial charge in [-0.25, -0.2) is 5.43 Å². The Hall–Kier alpha value is -1.32. The van der Waals surface area contributed by atoms with Crippen LogP contribution in [-0.4, -0.2) is 6.61 Å². The lowest BCUT2D eigenvalue weighted by Gasteiger charge is -2.22. The molecule has 1 aliphatic carbocycles. The third-order valence-corrected chi connectivity index (χ3v) is 3.64. The SMILES string of the molecule is CCOc1ccccc1C(NN)C1=CCCCCC1. The van der Waals surface area contributed by atoms with Crippen molar-refractivity contribution >= 4 is 0 Å². The first kappa shape index (κ1) is 14.1. The summed E-state index contributed by atoms with van der Waals surface area (Å²) >= 11 is 0. The van der Waals surface area contributed by atoms with Gasteiger partial charge < -0.3 is 4.74 Å². The van der Waals surface area contributed by atoms with Crippen LogP contribution in [0.1, 0.15) is 50.6 Å². The highest BCUT2D eigenvalue weighted by Crippen LogP contribution is 2.33. The molecule has 1 atom stereocenters. The van der Waals surface area contributed by atoms with Crippen LogP contribution in [0.2, 0.25) is 0 Å². The second-order valence-electron chi connectivity index (χ2n) is 4.95. The number of hydrogen-bond acceptors (Lipinski definition) is 3. The lowest BCUT2D eigenvalue weighted by Crippen LogP contribution is -2.30. The van der Waals surface area contributed by atoms with Crippen LogP contribution in [0.3, 0.4) is 0 Å². The van der Waals surface area contributed by atoms with Gasteiger partial charge in [-0.1, -0.05) is 36.3 Å². The number of ether oxygens (including phenoxy) is 1. The van der Waals surface area contributed by atoms with E-state index in [0.29, 0.717) is 6.61 Å². The van der Waals surface area contributed by atoms with Crippen molar-refractivity contribution in [3.8, 4) is 5.75 Å². The Morgan fingerprint density at radius 1 is 1.26 bits per heavy atom. The van der Waals surface area contributed by atoms with E-state index in [1.807, 2.05) is 25.1 Å². The number of rotatable bonds is 5. The molecular weight excluding hydrogens is 236 g/mol. The fraction of sp³-hybridized carbons (Fsp3) is 0.500. The highest BCUT2D eigenvalue weighted by atomic mass is 16.5. The van der Waals surface area contributed by atoms with Crippen LogP contribution in [0.15, 0.2) is 35.9 Å². The number of nitrogens with one attached hydrogen (secondary N) is 1. The van der Waals surface area contributed by atoms with Gasteiger partial charge in [0.05, 0.1) is 12.6 Å². The van der Waals surface area contributed by atoms with Gasteiger partial charge in [-0.2, -0.15) is 0 Å². The second-order valence-corrected chi connectivity index (χ2v) is 4.95. The molecule has 0 heterocycles. The van der Waals surface area contributed by atoms with Crippen molar-refractivity contribution in [2.24, 2.45) is 5.84 Å². The summed E-state index contributed by atoms with van der Waals surface area (Å²) in [7, 11) is 0. The Bertz CT molecular complexity index is 429. The van der Waals surface area contributed by atoms with Gasteiger partial charge in [-0.15, -0.1) is 0 Å². The molecule has 1 aliphatic rings. The van der Waals surface area contributed by atoms with Crippen LogP contribution in [0, 0.1) is 0 Å². The molecule has 0 saturated heterocycles. The summed E-state index contributed by atoms with van der Waals surface area (Å²) in [5.41, 5.74) is 5.50. The van der Waals surface area contributed by atoms with Crippen molar-refractivity contribution in [3.05, 3.63) is 41.5 Å². The number of para-hydroxylation sites is 1. The lowest BCUT2D eigenvalue weighted by molar-refractivity contribution is 0.333. The number of nitrogens with two attached hydrogens (primary N) is 1. The number of hydrazine groups is 1. The van der Waals surface area contributed by atoms with Gasteiger partial charge >= 0.3 is 0 Å². The van der Waals surface area contributed by atoms with Crippen LogP contribution < -0.4 is 16.0 Å². The minimum atomic E-state index is 0.0702. The Labute approximate surface area is 115 Å². The molecule has 19 heavy (non-hydrogen) atoms. The van der Waals surface area contributed by atoms with E-state index in [1.54, 1.807) is 0 Å². The average molecular weight is 260 g/mol. The third-order valence-electron chi connectivity index (χ3n) is 3.64. The van der Waals surface area contributed by atoms with Crippen LogP contribution in [0.5, 0.6) is 5.75 Å². The van der Waals surface area contributed by atoms with E-state index in [0.717, 1.165) is 24.2 Å². The van der Waals surface area contributed by atoms with Gasteiger partial charge in [0, 0.05) is 5.56 Å². The van der Waals surface area contributed by atoms with Crippen molar-refractivity contribution in [2.75, 3.05) is 6.61 Å². The minimum Gasteiger partial charge on any atom is -0.494 e. The molecule has 0 aromatic heterocycles. The maximum atomic E-state index is 5.81. The molecule has 0 aliphatic heterocycles. The summed E-state index contributed by atoms with van der Waals surface area (Å²) in [4.78, 5) is 0. The highest BCUT2D eigenvalue weighted by Gasteiger charge is 2.19. The zero-order chi connectivity index (χ0) is 13.5. The normalized spacial score (nSPS) is 17.5. The van der Waals surface area contributed by atoms with E-state index < -0.39 is 0 Å². The number of benzene rings is 1. The molecule has 1 unspecified atom stereocenters. The van der Waals surface area contributed by atoms with Gasteiger partial charge in [0.2, 0.25) is 0 Å². The van der Waals surface area contributed by atoms with Crippen molar-refractivity contribution in [3.63, 3.8) is 0 Å². The van der Waals surface area contributed by atoms with Crippen LogP contribution in [-0.2, 0) is 0 Å². The topological polar surface area (TPSA) is 47.3 Å². The predicted octanol–water partition coefficient (Wildman–Crippen LogP) is 3.48. The average Bonchev–Trinajstić information content (AvgIpc) is 2.71. The van der Waals surface area contributed by atoms with E-state index >= 15 is 0 Å². The summed E-state index contributed by atoms with van der Waals surface area (Å²) < 4.78 is 5.72. The Kier molecular flexibility index (Phi) is 5.43. The fourth-order valence-electron chi connectivity index (χ4n) is 2.70. The molecule has 1 aromatic carbocycles. The standard InChI is InChI=1S/C16H24N2O/c1-2-19-15-12-8-7-11-14(15)16(18-17)13-9-5-3-4-6-10-13/h7-9,11-12,16,18H,2-6,10,17H2,1H3. The zero-order valence-corrected chi connectivity index (χ0v) is 11.7. The van der Waals surface area contributed by atoms with Gasteiger partial charge in [-0.3, -0.25) is 5.84 Å². The van der Waals surface area contributed by atoms with Crippen molar-refractivity contribution in [1.82, 2.24) is 5.43 Å². The molecule has 2 rings (SSSR count). The van der Waals surface area contributed by atoms with Gasteiger partial charge in [-0.05, 0) is 38.7 Å². The van der Waals surface area contributed by atoms with Crippen LogP contribution >= 0.6 is 0 Å². The number of hydrogen-bond donors (Lipinski definition) is 2. The van der Waals surface area contributed by atoms with E-state index in [1.165, 1.54) is 24.8 Å². The minimum absolute atomic E-state index is 0.0702. The Balaban J connectivity index is 2.27. The van der Waals surface area contributed by atoms with Gasteiger partial charge in [0.25, 0.3) is 0 Å². The first-order valence-corrected chi connectivity index (χ1v) is 7.23. The molecule has 104 valence electrons. The van der Waals surface area contributed by atoms with E-state index in [2.05, 4.69) is 17.6 Å². The molecular formula is C16H24N2O. The fourth-order valence-corrected chi connectivity index (χ4v) is 2.70. The van der Waals surface area contributed by atoms with E-state index in [4.69, 9.17) is 10.6 Å². The summed E-state index contributed by atoms with van der Waals surface area (Å²) in [6.45, 7) is 2.68. The maximum absolute atomic E-state index is 5.81. The van der Waals surface area contributed by atoms with Gasteiger partial charge in [0.15, 0.2) is 0 Å². The third kappa shape index (κ3) is 3.58. The lowest BCUT2D eigenvalue weighted by atomic mass is 9.95. The first-order valence-electron chi connectivity index (χ1n) is 7.23. The second kappa shape index (κ2) is 7.31. The molecule has 0 saturated carbocycles. The summed E-state index contributed by atoms with van der Waals surface area (Å²) in [6.07, 6.45) is 8.47. The molecule has 3 N–H and O–H groups in total. The van der Waals surface area contributed by atoms with Crippen LogP contribution in [0.4, 0.5) is 0 Å². The van der Waals surface area contributed by atoms with Crippen molar-refractivity contribution < 1.29 is 4.74 Å². The van der Waals surface area contributed by atoms with E-state index in [9.17, 15) is 0 Å². The monoisotopic (exact) mass is 260 g/mol. The van der Waals surface area contributed by atoms with Gasteiger partial charge in [0.1, 0.15) is 5.75 Å². The van der Waals surface area contributed by atoms with Crippen LogP contribution in [0.25, 0.3) is 0 Å². The first-order chi connectivity index (χ1) is 9.36. The van der Waals surface area contributed by atoms with Crippen molar-refractivity contribution in [2.45, 2.75) is 45.1 Å². The molecule has 0 spiro atoms. The molecule has 0 bridgehead atoms. The molecule has 0 radical (unpaired) electrons. The zero-order valence-electron chi connectivity index (χ0n) is 11.7. The highest BCUT2D eigenvalue weighted by molar-refractivity contribution is 5.40. The van der Waals surface area contributed by atoms with Crippen molar-refractivity contribution in [1.29, 1.82) is 0 Å². The molecule has 0 amide bonds. The Morgan fingerprint density at radius 2 is 2.11 bits per heavy atom. The molecule has 1 aromatic rings. The largest absolute Gasteiger partial charge is 0.494 e.